The monoisotopic (exact) mass is 418 g/mol. The van der Waals surface area contributed by atoms with E-state index in [0.29, 0.717) is 0 Å². The number of benzene rings is 1. The predicted molar refractivity (Wildman–Crippen MR) is 76.6 cm³/mol. The smallest absolute Gasteiger partial charge is 0.258 e. The average molecular weight is 418 g/mol. The van der Waals surface area contributed by atoms with Crippen molar-refractivity contribution in [2.75, 3.05) is 0 Å². The van der Waals surface area contributed by atoms with Gasteiger partial charge in [-0.05, 0) is 25.5 Å². The van der Waals surface area contributed by atoms with Crippen LogP contribution in [0.25, 0.3) is 0 Å². The van der Waals surface area contributed by atoms with Crippen molar-refractivity contribution in [3.05, 3.63) is 51.1 Å². The molecule has 0 aliphatic carbocycles. The first kappa shape index (κ1) is 21.5. The summed E-state index contributed by atoms with van der Waals surface area (Å²) in [5.74, 6) is -10.1. The number of halogens is 8. The number of aryl methyl sites for hydroxylation is 1. The van der Waals surface area contributed by atoms with Crippen LogP contribution in [0.5, 0.6) is 0 Å². The minimum atomic E-state index is -6.20. The Hall–Kier alpha value is -2.80. The highest BCUT2D eigenvalue weighted by Gasteiger charge is 2.62. The van der Waals surface area contributed by atoms with Crippen LogP contribution in [-0.2, 0) is 12.1 Å². The van der Waals surface area contributed by atoms with Gasteiger partial charge in [0, 0.05) is 11.6 Å². The van der Waals surface area contributed by atoms with E-state index < -0.39 is 40.9 Å². The quantitative estimate of drug-likeness (QED) is 0.407. The van der Waals surface area contributed by atoms with Gasteiger partial charge in [0.25, 0.3) is 5.69 Å². The molecule has 1 aromatic heterocycles. The number of nitro benzene ring substituents is 1. The van der Waals surface area contributed by atoms with Gasteiger partial charge in [-0.2, -0.15) is 35.1 Å². The van der Waals surface area contributed by atoms with Gasteiger partial charge in [-0.3, -0.25) is 10.1 Å². The van der Waals surface area contributed by atoms with Crippen LogP contribution in [0.3, 0.4) is 0 Å². The van der Waals surface area contributed by atoms with Crippen molar-refractivity contribution < 1.29 is 40.0 Å². The van der Waals surface area contributed by atoms with Crippen LogP contribution >= 0.6 is 0 Å². The fraction of sp³-hybridized carbons (Fsp3) is 0.429. The summed E-state index contributed by atoms with van der Waals surface area (Å²) in [5.41, 5.74) is -0.348. The van der Waals surface area contributed by atoms with E-state index in [0.717, 1.165) is 25.1 Å². The number of aromatic nitrogens is 3. The minimum absolute atomic E-state index is 0.0413. The van der Waals surface area contributed by atoms with Crippen molar-refractivity contribution in [3.63, 3.8) is 0 Å². The lowest BCUT2D eigenvalue weighted by atomic mass is 10.0. The zero-order valence-electron chi connectivity index (χ0n) is 13.9. The third-order valence-corrected chi connectivity index (χ3v) is 3.79. The summed E-state index contributed by atoms with van der Waals surface area (Å²) in [6, 6.07) is 1.61. The summed E-state index contributed by atoms with van der Waals surface area (Å²) in [6.07, 6.45) is -11.6. The molecule has 0 aliphatic rings. The van der Waals surface area contributed by atoms with Gasteiger partial charge in [0.1, 0.15) is 0 Å². The first-order chi connectivity index (χ1) is 12.6. The van der Waals surface area contributed by atoms with E-state index >= 15 is 0 Å². The number of hydrogen-bond acceptors (Lipinski definition) is 4. The van der Waals surface area contributed by atoms with E-state index in [1.54, 1.807) is 0 Å². The van der Waals surface area contributed by atoms with Crippen LogP contribution in [0.15, 0.2) is 18.2 Å². The lowest BCUT2D eigenvalue weighted by Gasteiger charge is -2.17. The summed E-state index contributed by atoms with van der Waals surface area (Å²) in [4.78, 5) is 12.4. The summed E-state index contributed by atoms with van der Waals surface area (Å²) < 4.78 is 104. The van der Waals surface area contributed by atoms with E-state index in [4.69, 9.17) is 0 Å². The first-order valence-electron chi connectivity index (χ1n) is 7.31. The summed E-state index contributed by atoms with van der Waals surface area (Å²) in [6.45, 7) is 2.32. The van der Waals surface area contributed by atoms with Crippen LogP contribution in [0.4, 0.5) is 40.8 Å². The van der Waals surface area contributed by atoms with Crippen LogP contribution in [0.2, 0.25) is 0 Å². The molecule has 6 nitrogen and oxygen atoms in total. The lowest BCUT2D eigenvalue weighted by Crippen LogP contribution is -2.35. The molecule has 1 unspecified atom stereocenters. The molecule has 1 aromatic carbocycles. The van der Waals surface area contributed by atoms with Crippen molar-refractivity contribution in [1.29, 1.82) is 0 Å². The number of hydrogen-bond donors (Lipinski definition) is 0. The second-order valence-electron chi connectivity index (χ2n) is 5.75. The molecule has 0 saturated heterocycles. The molecule has 0 spiro atoms. The average Bonchev–Trinajstić information content (AvgIpc) is 2.98. The maximum absolute atomic E-state index is 13.4. The highest BCUT2D eigenvalue weighted by molar-refractivity contribution is 5.42. The zero-order valence-corrected chi connectivity index (χ0v) is 13.9. The van der Waals surface area contributed by atoms with Gasteiger partial charge in [0.15, 0.2) is 0 Å². The molecule has 0 fully saturated rings. The second-order valence-corrected chi connectivity index (χ2v) is 5.75. The molecule has 2 aromatic rings. The van der Waals surface area contributed by atoms with Crippen molar-refractivity contribution in [1.82, 2.24) is 14.8 Å². The molecule has 0 N–H and O–H groups in total. The molecule has 1 heterocycles. The third-order valence-electron chi connectivity index (χ3n) is 3.79. The van der Waals surface area contributed by atoms with Crippen LogP contribution in [0, 0.1) is 17.0 Å². The SMILES string of the molecule is Cc1cc(C(C)n2nc(C(F)(F)C(F)(F)F)nc2C(F)(F)F)ccc1[N+](=O)[O-]. The Labute approximate surface area is 150 Å². The topological polar surface area (TPSA) is 73.8 Å². The minimum Gasteiger partial charge on any atom is -0.258 e. The molecule has 0 bridgehead atoms. The number of alkyl halides is 8. The Kier molecular flexibility index (Phi) is 5.12. The predicted octanol–water partition coefficient (Wildman–Crippen LogP) is 4.78. The van der Waals surface area contributed by atoms with E-state index in [2.05, 4.69) is 10.1 Å². The van der Waals surface area contributed by atoms with Gasteiger partial charge in [0.05, 0.1) is 11.0 Å². The second kappa shape index (κ2) is 6.67. The lowest BCUT2D eigenvalue weighted by molar-refractivity contribution is -0.385. The largest absolute Gasteiger partial charge is 0.461 e. The fourth-order valence-corrected chi connectivity index (χ4v) is 2.33. The van der Waals surface area contributed by atoms with Crippen molar-refractivity contribution in [2.45, 2.75) is 38.2 Å². The summed E-state index contributed by atoms with van der Waals surface area (Å²) >= 11 is 0. The molecule has 28 heavy (non-hydrogen) atoms. The third kappa shape index (κ3) is 3.75. The number of nitro groups is 1. The Morgan fingerprint density at radius 2 is 1.68 bits per heavy atom. The highest BCUT2D eigenvalue weighted by Crippen LogP contribution is 2.44. The van der Waals surface area contributed by atoms with Crippen molar-refractivity contribution >= 4 is 5.69 Å². The Balaban J connectivity index is 2.61. The normalized spacial score (nSPS) is 14.2. The molecule has 0 radical (unpaired) electrons. The van der Waals surface area contributed by atoms with Crippen LogP contribution in [-0.4, -0.2) is 25.9 Å². The number of rotatable bonds is 4. The van der Waals surface area contributed by atoms with Gasteiger partial charge in [0.2, 0.25) is 11.6 Å². The molecule has 1 atom stereocenters. The highest BCUT2D eigenvalue weighted by atomic mass is 19.4. The summed E-state index contributed by atoms with van der Waals surface area (Å²) in [7, 11) is 0. The molecular formula is C14H10F8N4O2. The molecule has 0 saturated carbocycles. The van der Waals surface area contributed by atoms with E-state index in [1.165, 1.54) is 6.92 Å². The maximum atomic E-state index is 13.4. The van der Waals surface area contributed by atoms with Crippen LogP contribution < -0.4 is 0 Å². The van der Waals surface area contributed by atoms with E-state index in [1.807, 2.05) is 0 Å². The molecule has 154 valence electrons. The van der Waals surface area contributed by atoms with E-state index in [-0.39, 0.29) is 21.5 Å². The molecule has 0 amide bonds. The Morgan fingerprint density at radius 3 is 2.11 bits per heavy atom. The van der Waals surface area contributed by atoms with Crippen molar-refractivity contribution in [3.8, 4) is 0 Å². The van der Waals surface area contributed by atoms with E-state index in [9.17, 15) is 45.2 Å². The molecule has 0 aliphatic heterocycles. The summed E-state index contributed by atoms with van der Waals surface area (Å²) in [5, 5.41) is 13.6. The van der Waals surface area contributed by atoms with Gasteiger partial charge in [-0.15, -0.1) is 5.10 Å². The van der Waals surface area contributed by atoms with Crippen LogP contribution in [0.1, 0.15) is 35.7 Å². The van der Waals surface area contributed by atoms with Gasteiger partial charge in [-0.1, -0.05) is 6.07 Å². The Bertz CT molecular complexity index is 904. The van der Waals surface area contributed by atoms with Gasteiger partial charge in [-0.25, -0.2) is 9.67 Å². The maximum Gasteiger partial charge on any atom is 0.461 e. The molecule has 14 heteroatoms. The van der Waals surface area contributed by atoms with Gasteiger partial charge < -0.3 is 0 Å². The standard InChI is InChI=1S/C14H10F8N4O2/c1-6-5-8(3-4-9(6)26(27)28)7(2)25-11(13(17,18)19)23-10(24-25)12(15,16)14(20,21)22/h3-5,7H,1-2H3. The Morgan fingerprint density at radius 1 is 1.11 bits per heavy atom. The zero-order chi connectivity index (χ0) is 21.7. The molecule has 2 rings (SSSR count). The number of nitrogens with zero attached hydrogens (tertiary/aromatic N) is 4. The van der Waals surface area contributed by atoms with Gasteiger partial charge >= 0.3 is 18.3 Å². The molecular weight excluding hydrogens is 408 g/mol. The fourth-order valence-electron chi connectivity index (χ4n) is 2.33. The van der Waals surface area contributed by atoms with Crippen molar-refractivity contribution in [2.24, 2.45) is 0 Å². The first-order valence-corrected chi connectivity index (χ1v) is 7.31.